The standard InChI is InChI=1S/C14H21FO5/c1-10(16)13-4-3-12(7-14(13)15)20-9-11(17)8-19-6-5-18-2/h3-4,7,10-11,16-17H,5-6,8-9H2,1-2H3/t10-,11?/m1/s1. The Kier molecular flexibility index (Phi) is 7.46. The highest BCUT2D eigenvalue weighted by atomic mass is 19.1. The molecule has 0 saturated heterocycles. The molecule has 0 aliphatic carbocycles. The zero-order valence-corrected chi connectivity index (χ0v) is 11.7. The van der Waals surface area contributed by atoms with Gasteiger partial charge in [0.1, 0.15) is 24.3 Å². The Bertz CT molecular complexity index is 397. The van der Waals surface area contributed by atoms with Crippen molar-refractivity contribution in [2.45, 2.75) is 19.1 Å². The summed E-state index contributed by atoms with van der Waals surface area (Å²) >= 11 is 0. The first-order chi connectivity index (χ1) is 9.54. The quantitative estimate of drug-likeness (QED) is 0.670. The third kappa shape index (κ3) is 5.83. The minimum absolute atomic E-state index is 0.000444. The van der Waals surface area contributed by atoms with Gasteiger partial charge in [0.05, 0.1) is 25.9 Å². The van der Waals surface area contributed by atoms with Crippen LogP contribution >= 0.6 is 0 Å². The van der Waals surface area contributed by atoms with Crippen LogP contribution < -0.4 is 4.74 Å². The summed E-state index contributed by atoms with van der Waals surface area (Å²) in [7, 11) is 1.56. The van der Waals surface area contributed by atoms with E-state index < -0.39 is 18.0 Å². The molecular formula is C14H21FO5. The number of aliphatic hydroxyl groups excluding tert-OH is 2. The van der Waals surface area contributed by atoms with Gasteiger partial charge in [0.2, 0.25) is 0 Å². The number of methoxy groups -OCH3 is 1. The van der Waals surface area contributed by atoms with Crippen molar-refractivity contribution in [1.29, 1.82) is 0 Å². The van der Waals surface area contributed by atoms with Crippen molar-refractivity contribution in [2.24, 2.45) is 0 Å². The molecule has 0 saturated carbocycles. The number of hydrogen-bond donors (Lipinski definition) is 2. The predicted octanol–water partition coefficient (Wildman–Crippen LogP) is 1.28. The molecule has 20 heavy (non-hydrogen) atoms. The van der Waals surface area contributed by atoms with Gasteiger partial charge in [-0.1, -0.05) is 0 Å². The second-order valence-corrected chi connectivity index (χ2v) is 4.39. The molecule has 1 aromatic rings. The van der Waals surface area contributed by atoms with Gasteiger partial charge in [0.15, 0.2) is 0 Å². The van der Waals surface area contributed by atoms with E-state index in [0.717, 1.165) is 0 Å². The average Bonchev–Trinajstić information content (AvgIpc) is 2.41. The van der Waals surface area contributed by atoms with Crippen molar-refractivity contribution in [3.05, 3.63) is 29.6 Å². The molecule has 0 fully saturated rings. The summed E-state index contributed by atoms with van der Waals surface area (Å²) in [6, 6.07) is 4.18. The smallest absolute Gasteiger partial charge is 0.132 e. The Morgan fingerprint density at radius 2 is 1.95 bits per heavy atom. The molecule has 5 nitrogen and oxygen atoms in total. The molecule has 0 radical (unpaired) electrons. The highest BCUT2D eigenvalue weighted by Crippen LogP contribution is 2.21. The Morgan fingerprint density at radius 3 is 2.55 bits per heavy atom. The van der Waals surface area contributed by atoms with E-state index in [1.165, 1.54) is 19.1 Å². The lowest BCUT2D eigenvalue weighted by molar-refractivity contribution is -0.00424. The van der Waals surface area contributed by atoms with Gasteiger partial charge in [-0.25, -0.2) is 4.39 Å². The molecule has 0 amide bonds. The third-order valence-corrected chi connectivity index (χ3v) is 2.61. The SMILES string of the molecule is COCCOCC(O)COc1ccc([C@@H](C)O)c(F)c1. The van der Waals surface area contributed by atoms with Crippen LogP contribution in [0.3, 0.4) is 0 Å². The molecular weight excluding hydrogens is 267 g/mol. The van der Waals surface area contributed by atoms with E-state index in [1.54, 1.807) is 13.2 Å². The predicted molar refractivity (Wildman–Crippen MR) is 71.2 cm³/mol. The summed E-state index contributed by atoms with van der Waals surface area (Å²) in [6.07, 6.45) is -1.67. The molecule has 2 N–H and O–H groups in total. The van der Waals surface area contributed by atoms with Crippen molar-refractivity contribution < 1.29 is 28.8 Å². The Labute approximate surface area is 117 Å². The van der Waals surface area contributed by atoms with Crippen LogP contribution in [0.15, 0.2) is 18.2 Å². The van der Waals surface area contributed by atoms with Crippen LogP contribution in [0.1, 0.15) is 18.6 Å². The minimum atomic E-state index is -0.871. The number of rotatable bonds is 9. The molecule has 2 atom stereocenters. The van der Waals surface area contributed by atoms with E-state index in [2.05, 4.69) is 0 Å². The summed E-state index contributed by atoms with van der Waals surface area (Å²) in [4.78, 5) is 0. The largest absolute Gasteiger partial charge is 0.491 e. The lowest BCUT2D eigenvalue weighted by Gasteiger charge is -2.14. The lowest BCUT2D eigenvalue weighted by atomic mass is 10.1. The molecule has 6 heteroatoms. The Hall–Kier alpha value is -1.21. The van der Waals surface area contributed by atoms with Crippen molar-refractivity contribution in [2.75, 3.05) is 33.5 Å². The molecule has 0 aliphatic rings. The second-order valence-electron chi connectivity index (χ2n) is 4.39. The number of halogens is 1. The van der Waals surface area contributed by atoms with Crippen LogP contribution in [-0.4, -0.2) is 49.9 Å². The summed E-state index contributed by atoms with van der Waals surface area (Å²) in [5.41, 5.74) is 0.209. The van der Waals surface area contributed by atoms with Crippen LogP contribution in [-0.2, 0) is 9.47 Å². The maximum atomic E-state index is 13.6. The van der Waals surface area contributed by atoms with Crippen molar-refractivity contribution in [3.8, 4) is 5.75 Å². The monoisotopic (exact) mass is 288 g/mol. The molecule has 0 spiro atoms. The van der Waals surface area contributed by atoms with E-state index in [-0.39, 0.29) is 18.8 Å². The molecule has 0 aliphatic heterocycles. The fraction of sp³-hybridized carbons (Fsp3) is 0.571. The van der Waals surface area contributed by atoms with E-state index in [0.29, 0.717) is 19.0 Å². The van der Waals surface area contributed by atoms with Crippen LogP contribution in [0, 0.1) is 5.82 Å². The van der Waals surface area contributed by atoms with E-state index >= 15 is 0 Å². The van der Waals surface area contributed by atoms with Crippen LogP contribution in [0.5, 0.6) is 5.75 Å². The molecule has 1 unspecified atom stereocenters. The molecule has 1 aromatic carbocycles. The van der Waals surface area contributed by atoms with Gasteiger partial charge in [0, 0.05) is 18.7 Å². The van der Waals surface area contributed by atoms with E-state index in [9.17, 15) is 14.6 Å². The van der Waals surface area contributed by atoms with E-state index in [1.807, 2.05) is 0 Å². The van der Waals surface area contributed by atoms with Crippen molar-refractivity contribution >= 4 is 0 Å². The van der Waals surface area contributed by atoms with Crippen LogP contribution in [0.4, 0.5) is 4.39 Å². The highest BCUT2D eigenvalue weighted by molar-refractivity contribution is 5.30. The van der Waals surface area contributed by atoms with E-state index in [4.69, 9.17) is 14.2 Å². The third-order valence-electron chi connectivity index (χ3n) is 2.61. The maximum Gasteiger partial charge on any atom is 0.132 e. The summed E-state index contributed by atoms with van der Waals surface area (Å²) in [6.45, 7) is 2.46. The van der Waals surface area contributed by atoms with Crippen molar-refractivity contribution in [3.63, 3.8) is 0 Å². The number of aliphatic hydroxyl groups is 2. The van der Waals surface area contributed by atoms with Gasteiger partial charge in [-0.2, -0.15) is 0 Å². The summed E-state index contributed by atoms with van der Waals surface area (Å²) < 4.78 is 28.8. The maximum absolute atomic E-state index is 13.6. The molecule has 0 aromatic heterocycles. The molecule has 1 rings (SSSR count). The summed E-state index contributed by atoms with van der Waals surface area (Å²) in [5, 5.41) is 18.9. The average molecular weight is 288 g/mol. The highest BCUT2D eigenvalue weighted by Gasteiger charge is 2.10. The molecule has 0 heterocycles. The fourth-order valence-corrected chi connectivity index (χ4v) is 1.54. The number of hydrogen-bond acceptors (Lipinski definition) is 5. The van der Waals surface area contributed by atoms with Gasteiger partial charge in [-0.3, -0.25) is 0 Å². The minimum Gasteiger partial charge on any atom is -0.491 e. The fourth-order valence-electron chi connectivity index (χ4n) is 1.54. The molecule has 114 valence electrons. The zero-order valence-electron chi connectivity index (χ0n) is 11.7. The first-order valence-corrected chi connectivity index (χ1v) is 6.39. The van der Waals surface area contributed by atoms with Crippen LogP contribution in [0.25, 0.3) is 0 Å². The zero-order chi connectivity index (χ0) is 15.0. The summed E-state index contributed by atoms with van der Waals surface area (Å²) in [5.74, 6) is -0.244. The van der Waals surface area contributed by atoms with Gasteiger partial charge in [-0.05, 0) is 19.1 Å². The Balaban J connectivity index is 2.36. The van der Waals surface area contributed by atoms with Gasteiger partial charge < -0.3 is 24.4 Å². The van der Waals surface area contributed by atoms with Gasteiger partial charge in [-0.15, -0.1) is 0 Å². The van der Waals surface area contributed by atoms with Gasteiger partial charge >= 0.3 is 0 Å². The first-order valence-electron chi connectivity index (χ1n) is 6.39. The van der Waals surface area contributed by atoms with Gasteiger partial charge in [0.25, 0.3) is 0 Å². The lowest BCUT2D eigenvalue weighted by Crippen LogP contribution is -2.24. The second kappa shape index (κ2) is 8.86. The topological polar surface area (TPSA) is 68.2 Å². The number of ether oxygens (including phenoxy) is 3. The normalized spacial score (nSPS) is 14.1. The number of benzene rings is 1. The van der Waals surface area contributed by atoms with Crippen LogP contribution in [0.2, 0.25) is 0 Å². The van der Waals surface area contributed by atoms with Crippen molar-refractivity contribution in [1.82, 2.24) is 0 Å². The first kappa shape index (κ1) is 16.8. The molecule has 0 bridgehead atoms. The Morgan fingerprint density at radius 1 is 1.20 bits per heavy atom.